The molecule has 6 rings (SSSR count). The molecule has 0 aliphatic carbocycles. The number of rotatable bonds is 12. The third-order valence-electron chi connectivity index (χ3n) is 9.96. The number of hydrogen-bond donors (Lipinski definition) is 6. The van der Waals surface area contributed by atoms with Gasteiger partial charge in [0.15, 0.2) is 24.4 Å². The fourth-order valence-electron chi connectivity index (χ4n) is 7.19. The summed E-state index contributed by atoms with van der Waals surface area (Å²) in [6, 6.07) is 5.98. The molecule has 0 saturated carbocycles. The highest BCUT2D eigenvalue weighted by molar-refractivity contribution is 8.01. The van der Waals surface area contributed by atoms with Gasteiger partial charge in [-0.05, 0) is 53.7 Å². The molecule has 2 aromatic heterocycles. The number of aromatic nitrogens is 2. The predicted octanol–water partition coefficient (Wildman–Crippen LogP) is 4.21. The van der Waals surface area contributed by atoms with Crippen molar-refractivity contribution < 1.29 is 57.9 Å². The van der Waals surface area contributed by atoms with E-state index in [1.165, 1.54) is 27.7 Å². The van der Waals surface area contributed by atoms with Crippen LogP contribution in [0.3, 0.4) is 0 Å². The lowest BCUT2D eigenvalue weighted by atomic mass is 9.95. The molecule has 59 heavy (non-hydrogen) atoms. The minimum Gasteiger partial charge on any atom is -0.480 e. The first-order valence-electron chi connectivity index (χ1n) is 17.8. The van der Waals surface area contributed by atoms with Crippen molar-refractivity contribution in [2.45, 2.75) is 87.7 Å². The monoisotopic (exact) mass is 872 g/mol. The molecule has 2 aliphatic heterocycles. The number of ether oxygens (including phenoxy) is 1. The molecule has 0 bridgehead atoms. The number of aliphatic carboxylic acids is 3. The van der Waals surface area contributed by atoms with Crippen LogP contribution in [0.15, 0.2) is 57.6 Å². The maximum atomic E-state index is 14.8. The molecule has 312 valence electrons. The Kier molecular flexibility index (Phi) is 11.9. The molecule has 18 nitrogen and oxygen atoms in total. The van der Waals surface area contributed by atoms with Gasteiger partial charge >= 0.3 is 17.9 Å². The summed E-state index contributed by atoms with van der Waals surface area (Å²) in [5, 5.41) is 46.3. The lowest BCUT2D eigenvalue weighted by Crippen LogP contribution is -2.63. The number of nitrogens with zero attached hydrogens (tertiary/aromatic N) is 3. The molecule has 0 radical (unpaired) electrons. The Hall–Kier alpha value is -5.47. The van der Waals surface area contributed by atoms with Gasteiger partial charge in [-0.3, -0.25) is 24.6 Å². The van der Waals surface area contributed by atoms with Crippen LogP contribution in [-0.2, 0) is 23.9 Å². The van der Waals surface area contributed by atoms with E-state index in [-0.39, 0.29) is 44.1 Å². The van der Waals surface area contributed by atoms with Crippen LogP contribution < -0.4 is 16.0 Å². The van der Waals surface area contributed by atoms with Crippen LogP contribution in [-0.4, -0.2) is 112 Å². The molecule has 6 N–H and O–H groups in total. The second kappa shape index (κ2) is 16.3. The Bertz CT molecular complexity index is 2370. The fourth-order valence-corrected chi connectivity index (χ4v) is 9.12. The van der Waals surface area contributed by atoms with E-state index < -0.39 is 81.7 Å². The molecule has 2 aromatic carbocycles. The van der Waals surface area contributed by atoms with E-state index in [0.29, 0.717) is 11.1 Å². The highest BCUT2D eigenvalue weighted by Crippen LogP contribution is 2.43. The number of hydrogen-bond acceptors (Lipinski definition) is 13. The molecule has 2 aliphatic rings. The van der Waals surface area contributed by atoms with Crippen LogP contribution in [0.5, 0.6) is 0 Å². The van der Waals surface area contributed by atoms with E-state index in [9.17, 15) is 44.1 Å². The largest absolute Gasteiger partial charge is 0.480 e. The van der Waals surface area contributed by atoms with Crippen LogP contribution in [0, 0.1) is 13.8 Å². The van der Waals surface area contributed by atoms with Crippen LogP contribution in [0.1, 0.15) is 59.9 Å². The Morgan fingerprint density at radius 2 is 1.24 bits per heavy atom. The van der Waals surface area contributed by atoms with Crippen LogP contribution >= 0.6 is 35.0 Å². The van der Waals surface area contributed by atoms with Gasteiger partial charge in [0, 0.05) is 15.9 Å². The quantitative estimate of drug-likeness (QED) is 0.116. The summed E-state index contributed by atoms with van der Waals surface area (Å²) < 4.78 is 15.3. The summed E-state index contributed by atoms with van der Waals surface area (Å²) >= 11 is 13.7. The summed E-state index contributed by atoms with van der Waals surface area (Å²) in [5.41, 5.74) is -1.24. The van der Waals surface area contributed by atoms with E-state index in [1.54, 1.807) is 62.4 Å². The molecule has 2 saturated heterocycles. The molecule has 2 fully saturated rings. The second-order valence-corrected chi connectivity index (χ2v) is 17.4. The summed E-state index contributed by atoms with van der Waals surface area (Å²) in [5.74, 6) is -7.51. The van der Waals surface area contributed by atoms with Crippen molar-refractivity contribution in [3.05, 3.63) is 81.2 Å². The first-order chi connectivity index (χ1) is 27.7. The van der Waals surface area contributed by atoms with Gasteiger partial charge in [0.2, 0.25) is 5.91 Å². The number of benzene rings is 2. The number of thioether (sulfide) groups is 1. The average Bonchev–Trinajstić information content (AvgIpc) is 3.89. The van der Waals surface area contributed by atoms with Crippen molar-refractivity contribution >= 4 is 70.6 Å². The topological polar surface area (TPSA) is 264 Å². The Labute approximate surface area is 349 Å². The zero-order valence-corrected chi connectivity index (χ0v) is 34.4. The number of amides is 3. The van der Waals surface area contributed by atoms with Crippen molar-refractivity contribution in [2.75, 3.05) is 0 Å². The van der Waals surface area contributed by atoms with E-state index >= 15 is 0 Å². The van der Waals surface area contributed by atoms with Crippen LogP contribution in [0.25, 0.3) is 22.5 Å². The van der Waals surface area contributed by atoms with Crippen molar-refractivity contribution in [2.24, 2.45) is 0 Å². The summed E-state index contributed by atoms with van der Waals surface area (Å²) in [6.45, 7) is 8.74. The Balaban J connectivity index is 1.30. The molecule has 21 heteroatoms. The molecular weight excluding hydrogens is 835 g/mol. The van der Waals surface area contributed by atoms with Crippen LogP contribution in [0.2, 0.25) is 10.0 Å². The molecule has 0 spiro atoms. The number of carbonyl (C=O) groups excluding carboxylic acids is 3. The number of carbonyl (C=O) groups is 6. The van der Waals surface area contributed by atoms with Gasteiger partial charge in [-0.1, -0.05) is 69.9 Å². The summed E-state index contributed by atoms with van der Waals surface area (Å²) in [4.78, 5) is 81.8. The van der Waals surface area contributed by atoms with Gasteiger partial charge in [-0.2, -0.15) is 0 Å². The number of nitrogens with one attached hydrogen (secondary N) is 3. The average molecular weight is 874 g/mol. The maximum absolute atomic E-state index is 14.8. The first-order valence-corrected chi connectivity index (χ1v) is 19.5. The predicted molar refractivity (Wildman–Crippen MR) is 211 cm³/mol. The number of carboxylic acid groups (broad SMARTS) is 3. The van der Waals surface area contributed by atoms with Crippen LogP contribution in [0.4, 0.5) is 0 Å². The lowest BCUT2D eigenvalue weighted by molar-refractivity contribution is -0.157. The summed E-state index contributed by atoms with van der Waals surface area (Å²) in [7, 11) is 0. The first kappa shape index (κ1) is 43.1. The normalized spacial score (nSPS) is 21.7. The minimum absolute atomic E-state index is 0.00178. The highest BCUT2D eigenvalue weighted by atomic mass is 35.5. The molecule has 6 atom stereocenters. The third kappa shape index (κ3) is 8.12. The van der Waals surface area contributed by atoms with E-state index in [2.05, 4.69) is 26.3 Å². The van der Waals surface area contributed by atoms with Gasteiger partial charge in [0.25, 0.3) is 11.8 Å². The van der Waals surface area contributed by atoms with Gasteiger partial charge in [0.1, 0.15) is 40.1 Å². The van der Waals surface area contributed by atoms with Gasteiger partial charge in [0.05, 0.1) is 21.0 Å². The summed E-state index contributed by atoms with van der Waals surface area (Å²) in [6.07, 6.45) is -1.92. The second-order valence-electron chi connectivity index (χ2n) is 14.8. The van der Waals surface area contributed by atoms with Crippen molar-refractivity contribution in [3.8, 4) is 22.5 Å². The van der Waals surface area contributed by atoms with Crippen molar-refractivity contribution in [3.63, 3.8) is 0 Å². The standard InChI is InChI=1S/C38H38Cl2N6O12S/c1-15-21(23(44-57-15)17-11-7-9-13-19(17)39)29(47)41-25(34(50)51)31-43-27(38(5,6)59-31)32(49)46-28(36(54)55)37(3,4)56-33(46)26(35(52)53)42-30(48)22-16(2)58-45-24(22)18-12-8-10-14-20(18)40/h7-14,25-28,31,33,43H,1-6H3,(H,41,47)(H,42,48)(H,50,51)(H,52,53)(H,54,55). The highest BCUT2D eigenvalue weighted by Gasteiger charge is 2.61. The smallest absolute Gasteiger partial charge is 0.330 e. The molecular formula is C38H38Cl2N6O12S. The zero-order valence-electron chi connectivity index (χ0n) is 32.1. The Morgan fingerprint density at radius 1 is 0.780 bits per heavy atom. The van der Waals surface area contributed by atoms with Gasteiger partial charge in [-0.25, -0.2) is 14.4 Å². The maximum Gasteiger partial charge on any atom is 0.330 e. The molecule has 4 heterocycles. The number of halogens is 2. The van der Waals surface area contributed by atoms with E-state index in [0.717, 1.165) is 16.7 Å². The fraction of sp³-hybridized carbons (Fsp3) is 0.368. The molecule has 6 unspecified atom stereocenters. The Morgan fingerprint density at radius 3 is 1.68 bits per heavy atom. The van der Waals surface area contributed by atoms with Crippen molar-refractivity contribution in [1.82, 2.24) is 31.2 Å². The van der Waals surface area contributed by atoms with E-state index in [4.69, 9.17) is 37.0 Å². The lowest BCUT2D eigenvalue weighted by Gasteiger charge is -2.35. The molecule has 3 amide bonds. The number of aryl methyl sites for hydroxylation is 2. The van der Waals surface area contributed by atoms with Gasteiger partial charge < -0.3 is 39.7 Å². The zero-order chi connectivity index (χ0) is 43.3. The molecule has 4 aromatic rings. The minimum atomic E-state index is -2.07. The van der Waals surface area contributed by atoms with Crippen molar-refractivity contribution in [1.29, 1.82) is 0 Å². The number of carboxylic acids is 3. The van der Waals surface area contributed by atoms with Gasteiger partial charge in [-0.15, -0.1) is 11.8 Å². The van der Waals surface area contributed by atoms with E-state index in [1.807, 2.05) is 0 Å². The SMILES string of the molecule is Cc1onc(-c2ccccc2Cl)c1C(=O)NC(C(=O)O)C1NC(C(=O)N2C(C(NC(=O)c3c(-c4ccccc4Cl)noc3C)C(=O)O)OC(C)(C)C2C(=O)O)C(C)(C)S1. The third-order valence-corrected chi connectivity index (χ3v) is 12.1.